The van der Waals surface area contributed by atoms with Gasteiger partial charge in [-0.15, -0.1) is 0 Å². The van der Waals surface area contributed by atoms with Crippen LogP contribution in [0.15, 0.2) is 23.3 Å². The van der Waals surface area contributed by atoms with Gasteiger partial charge in [0.15, 0.2) is 0 Å². The Hall–Kier alpha value is -1.58. The second-order valence-electron chi connectivity index (χ2n) is 5.17. The summed E-state index contributed by atoms with van der Waals surface area (Å²) >= 11 is 0. The van der Waals surface area contributed by atoms with E-state index >= 15 is 0 Å². The molecule has 4 heteroatoms. The Morgan fingerprint density at radius 3 is 2.47 bits per heavy atom. The van der Waals surface area contributed by atoms with Crippen LogP contribution in [0.1, 0.15) is 52.4 Å². The van der Waals surface area contributed by atoms with Gasteiger partial charge in [-0.2, -0.15) is 0 Å². The summed E-state index contributed by atoms with van der Waals surface area (Å²) in [5.41, 5.74) is -0.645. The van der Waals surface area contributed by atoms with Gasteiger partial charge in [-0.25, -0.2) is 4.79 Å². The minimum absolute atomic E-state index is 0.0546. The molecule has 0 aromatic heterocycles. The van der Waals surface area contributed by atoms with Gasteiger partial charge in [-0.3, -0.25) is 4.79 Å². The number of unbranched alkanes of at least 4 members (excludes halogenated alkanes) is 3. The van der Waals surface area contributed by atoms with E-state index in [0.29, 0.717) is 12.0 Å². The molecule has 0 saturated heterocycles. The fourth-order valence-electron chi connectivity index (χ4n) is 2.75. The van der Waals surface area contributed by atoms with E-state index in [4.69, 9.17) is 0 Å². The fourth-order valence-corrected chi connectivity index (χ4v) is 2.75. The molecule has 2 N–H and O–H groups in total. The summed E-state index contributed by atoms with van der Waals surface area (Å²) in [4.78, 5) is 23.1. The standard InChI is InChI=1S/C15H22O4/c1-3-4-5-6-9-15(14(18)19)10-7-8-11(2)12(15)13(16)17/h7-8H,3-6,9-10H2,1-2H3,(H,16,17)(H,18,19). The number of hydrogen-bond donors (Lipinski definition) is 2. The minimum Gasteiger partial charge on any atom is -0.481 e. The molecular formula is C15H22O4. The second-order valence-corrected chi connectivity index (χ2v) is 5.17. The molecule has 1 atom stereocenters. The van der Waals surface area contributed by atoms with Crippen molar-refractivity contribution in [2.45, 2.75) is 52.4 Å². The molecule has 19 heavy (non-hydrogen) atoms. The summed E-state index contributed by atoms with van der Waals surface area (Å²) in [6.07, 6.45) is 7.96. The number of carboxylic acids is 2. The van der Waals surface area contributed by atoms with E-state index < -0.39 is 17.4 Å². The number of carbonyl (C=O) groups is 2. The van der Waals surface area contributed by atoms with Gasteiger partial charge in [0.2, 0.25) is 0 Å². The first-order valence-electron chi connectivity index (χ1n) is 6.80. The molecule has 0 aromatic rings. The molecule has 0 heterocycles. The minimum atomic E-state index is -1.25. The highest BCUT2D eigenvalue weighted by atomic mass is 16.4. The third-order valence-corrected chi connectivity index (χ3v) is 3.79. The predicted molar refractivity (Wildman–Crippen MR) is 72.9 cm³/mol. The smallest absolute Gasteiger partial charge is 0.333 e. The summed E-state index contributed by atoms with van der Waals surface area (Å²) in [6.45, 7) is 3.76. The normalized spacial score (nSPS) is 22.6. The molecule has 4 nitrogen and oxygen atoms in total. The molecule has 1 rings (SSSR count). The number of carboxylic acid groups (broad SMARTS) is 2. The number of rotatable bonds is 7. The summed E-state index contributed by atoms with van der Waals surface area (Å²) in [7, 11) is 0. The monoisotopic (exact) mass is 266 g/mol. The van der Waals surface area contributed by atoms with Crippen LogP contribution in [0.3, 0.4) is 0 Å². The van der Waals surface area contributed by atoms with E-state index in [1.807, 2.05) is 0 Å². The van der Waals surface area contributed by atoms with Gasteiger partial charge < -0.3 is 10.2 Å². The van der Waals surface area contributed by atoms with E-state index in [1.54, 1.807) is 19.1 Å². The van der Waals surface area contributed by atoms with Crippen molar-refractivity contribution >= 4 is 11.9 Å². The topological polar surface area (TPSA) is 74.6 Å². The molecule has 0 radical (unpaired) electrons. The summed E-state index contributed by atoms with van der Waals surface area (Å²) < 4.78 is 0. The summed E-state index contributed by atoms with van der Waals surface area (Å²) in [5.74, 6) is -2.13. The molecule has 0 bridgehead atoms. The van der Waals surface area contributed by atoms with Gasteiger partial charge in [0, 0.05) is 0 Å². The molecule has 0 fully saturated rings. The van der Waals surface area contributed by atoms with Crippen LogP contribution in [-0.2, 0) is 9.59 Å². The van der Waals surface area contributed by atoms with Crippen LogP contribution in [0.2, 0.25) is 0 Å². The Labute approximate surface area is 113 Å². The molecule has 0 aliphatic heterocycles. The zero-order chi connectivity index (χ0) is 14.5. The van der Waals surface area contributed by atoms with Crippen LogP contribution in [-0.4, -0.2) is 22.2 Å². The van der Waals surface area contributed by atoms with Crippen LogP contribution in [0.5, 0.6) is 0 Å². The lowest BCUT2D eigenvalue weighted by atomic mass is 9.69. The van der Waals surface area contributed by atoms with Crippen molar-refractivity contribution < 1.29 is 19.8 Å². The van der Waals surface area contributed by atoms with Crippen molar-refractivity contribution in [1.82, 2.24) is 0 Å². The number of hydrogen-bond acceptors (Lipinski definition) is 2. The Kier molecular flexibility index (Phi) is 5.33. The maximum atomic E-state index is 11.7. The molecule has 1 aliphatic rings. The van der Waals surface area contributed by atoms with Crippen molar-refractivity contribution in [3.8, 4) is 0 Å². The largest absolute Gasteiger partial charge is 0.481 e. The third kappa shape index (κ3) is 3.25. The van der Waals surface area contributed by atoms with Crippen LogP contribution >= 0.6 is 0 Å². The lowest BCUT2D eigenvalue weighted by Crippen LogP contribution is -2.38. The first kappa shape index (κ1) is 15.5. The molecule has 1 aliphatic carbocycles. The van der Waals surface area contributed by atoms with Crippen molar-refractivity contribution in [3.05, 3.63) is 23.3 Å². The van der Waals surface area contributed by atoms with Gasteiger partial charge in [0.1, 0.15) is 5.41 Å². The van der Waals surface area contributed by atoms with Gasteiger partial charge in [0.05, 0.1) is 5.57 Å². The quantitative estimate of drug-likeness (QED) is 0.693. The lowest BCUT2D eigenvalue weighted by Gasteiger charge is -2.32. The Bertz CT molecular complexity index is 420. The molecule has 0 saturated carbocycles. The van der Waals surface area contributed by atoms with Crippen LogP contribution in [0.4, 0.5) is 0 Å². The zero-order valence-corrected chi connectivity index (χ0v) is 11.6. The SMILES string of the molecule is CCCCCCC1(C(=O)O)CC=CC(C)=C1C(=O)O. The Balaban J connectivity index is 3.01. The Morgan fingerprint density at radius 1 is 1.26 bits per heavy atom. The van der Waals surface area contributed by atoms with Crippen LogP contribution < -0.4 is 0 Å². The highest BCUT2D eigenvalue weighted by molar-refractivity contribution is 5.98. The number of aliphatic carboxylic acids is 2. The number of allylic oxidation sites excluding steroid dienone is 3. The zero-order valence-electron chi connectivity index (χ0n) is 11.6. The van der Waals surface area contributed by atoms with Gasteiger partial charge >= 0.3 is 11.9 Å². The van der Waals surface area contributed by atoms with Crippen LogP contribution in [0, 0.1) is 5.41 Å². The maximum Gasteiger partial charge on any atom is 0.333 e. The van der Waals surface area contributed by atoms with Crippen molar-refractivity contribution in [1.29, 1.82) is 0 Å². The van der Waals surface area contributed by atoms with Crippen molar-refractivity contribution in [2.75, 3.05) is 0 Å². The van der Waals surface area contributed by atoms with Crippen molar-refractivity contribution in [2.24, 2.45) is 5.41 Å². The third-order valence-electron chi connectivity index (χ3n) is 3.79. The second kappa shape index (κ2) is 6.55. The highest BCUT2D eigenvalue weighted by Crippen LogP contribution is 2.42. The van der Waals surface area contributed by atoms with E-state index in [0.717, 1.165) is 25.7 Å². The average molecular weight is 266 g/mol. The van der Waals surface area contributed by atoms with Gasteiger partial charge in [0.25, 0.3) is 0 Å². The van der Waals surface area contributed by atoms with E-state index in [1.165, 1.54) is 0 Å². The molecule has 0 aromatic carbocycles. The molecule has 1 unspecified atom stereocenters. The first-order valence-corrected chi connectivity index (χ1v) is 6.80. The highest BCUT2D eigenvalue weighted by Gasteiger charge is 2.46. The van der Waals surface area contributed by atoms with Crippen molar-refractivity contribution in [3.63, 3.8) is 0 Å². The Morgan fingerprint density at radius 2 is 1.95 bits per heavy atom. The van der Waals surface area contributed by atoms with E-state index in [2.05, 4.69) is 6.92 Å². The summed E-state index contributed by atoms with van der Waals surface area (Å²) in [5, 5.41) is 18.9. The first-order chi connectivity index (χ1) is 8.95. The average Bonchev–Trinajstić information content (AvgIpc) is 2.33. The van der Waals surface area contributed by atoms with E-state index in [9.17, 15) is 19.8 Å². The predicted octanol–water partition coefficient (Wildman–Crippen LogP) is 3.39. The molecular weight excluding hydrogens is 244 g/mol. The molecule has 106 valence electrons. The lowest BCUT2D eigenvalue weighted by molar-refractivity contribution is -0.150. The van der Waals surface area contributed by atoms with Gasteiger partial charge in [-0.1, -0.05) is 44.8 Å². The molecule has 0 spiro atoms. The fraction of sp³-hybridized carbons (Fsp3) is 0.600. The maximum absolute atomic E-state index is 11.7. The molecule has 0 amide bonds. The van der Waals surface area contributed by atoms with Gasteiger partial charge in [-0.05, 0) is 25.3 Å². The van der Waals surface area contributed by atoms with Crippen LogP contribution in [0.25, 0.3) is 0 Å². The summed E-state index contributed by atoms with van der Waals surface area (Å²) in [6, 6.07) is 0. The van der Waals surface area contributed by atoms with E-state index in [-0.39, 0.29) is 12.0 Å².